The van der Waals surface area contributed by atoms with Crippen molar-refractivity contribution in [3.05, 3.63) is 36.4 Å². The second kappa shape index (κ2) is 9.97. The zero-order valence-corrected chi connectivity index (χ0v) is 24.1. The van der Waals surface area contributed by atoms with Gasteiger partial charge >= 0.3 is 71.1 Å². The van der Waals surface area contributed by atoms with Crippen LogP contribution in [0.1, 0.15) is 16.7 Å². The molecule has 0 aliphatic carbocycles. The molecule has 4 aromatic carbocycles. The normalized spacial score (nSPS) is 11.8. The zero-order chi connectivity index (χ0) is 23.6. The predicted octanol–water partition coefficient (Wildman–Crippen LogP) is -2.84. The van der Waals surface area contributed by atoms with Crippen LogP contribution in [0.3, 0.4) is 0 Å². The van der Waals surface area contributed by atoms with E-state index in [-0.39, 0.29) is 106 Å². The second-order valence-corrected chi connectivity index (χ2v) is 9.73. The number of benzene rings is 4. The number of rotatable bonds is 4. The van der Waals surface area contributed by atoms with Crippen LogP contribution < -0.4 is 68.6 Å². The summed E-state index contributed by atoms with van der Waals surface area (Å²) in [4.78, 5) is 21.7. The Morgan fingerprint density at radius 1 is 0.676 bits per heavy atom. The molecule has 170 valence electrons. The summed E-state index contributed by atoms with van der Waals surface area (Å²) in [5.41, 5.74) is 0. The van der Waals surface area contributed by atoms with Crippen molar-refractivity contribution in [1.29, 1.82) is 0 Å². The Kier molecular flexibility index (Phi) is 8.48. The van der Waals surface area contributed by atoms with Gasteiger partial charge in [0.1, 0.15) is 21.3 Å². The topological polar surface area (TPSA) is 161 Å². The molecule has 0 atom stereocenters. The first kappa shape index (κ1) is 28.9. The number of carbonyl (C=O) groups excluding carboxylic acids is 2. The van der Waals surface area contributed by atoms with Gasteiger partial charge in [-0.15, -0.1) is 0 Å². The third kappa shape index (κ3) is 5.12. The first-order valence-corrected chi connectivity index (χ1v) is 11.8. The van der Waals surface area contributed by atoms with Crippen LogP contribution in [0.2, 0.25) is 0 Å². The molecule has 0 aliphatic rings. The van der Waals surface area contributed by atoms with E-state index >= 15 is 0 Å². The molecule has 0 saturated heterocycles. The van der Waals surface area contributed by atoms with Crippen LogP contribution in [0.4, 0.5) is 0 Å². The standard InChI is InChI=1S/C20H14O10S2.2Na.2H/c1-9(21)29-15-7-16(30-10(2)22)12-4-6-14-18(32(26,27)28)8-17(31(23,24)25)13-5-3-11(15)19(12)20(13)14;;;;/h3-8H,1-2H3,(H,23,24,25)(H,26,27,28);;;;/q;2*+1;2*-1. The molecular formula is C20H16Na2O10S2. The number of hydrogen-bond acceptors (Lipinski definition) is 8. The Morgan fingerprint density at radius 2 is 1.00 bits per heavy atom. The molecule has 0 radical (unpaired) electrons. The summed E-state index contributed by atoms with van der Waals surface area (Å²) >= 11 is 0. The largest absolute Gasteiger partial charge is 1.00 e. The monoisotopic (exact) mass is 526 g/mol. The van der Waals surface area contributed by atoms with Gasteiger partial charge < -0.3 is 12.3 Å². The van der Waals surface area contributed by atoms with Crippen LogP contribution in [0.5, 0.6) is 11.5 Å². The van der Waals surface area contributed by atoms with Gasteiger partial charge in [-0.05, 0) is 18.2 Å². The van der Waals surface area contributed by atoms with Gasteiger partial charge in [0.05, 0.1) is 0 Å². The molecule has 0 bridgehead atoms. The Balaban J connectivity index is 0.00000306. The molecule has 0 heterocycles. The van der Waals surface area contributed by atoms with Crippen LogP contribution in [-0.2, 0) is 29.8 Å². The molecule has 34 heavy (non-hydrogen) atoms. The van der Waals surface area contributed by atoms with Crippen molar-refractivity contribution in [3.63, 3.8) is 0 Å². The molecule has 0 aromatic heterocycles. The number of esters is 2. The van der Waals surface area contributed by atoms with Crippen molar-refractivity contribution < 1.29 is 107 Å². The Bertz CT molecular complexity index is 1570. The smallest absolute Gasteiger partial charge is 1.00 e. The number of carbonyl (C=O) groups is 2. The molecule has 2 N–H and O–H groups in total. The molecule has 4 rings (SSSR count). The summed E-state index contributed by atoms with van der Waals surface area (Å²) < 4.78 is 78.0. The molecule has 14 heteroatoms. The fourth-order valence-corrected chi connectivity index (χ4v) is 5.28. The molecule has 0 unspecified atom stereocenters. The van der Waals surface area contributed by atoms with Crippen molar-refractivity contribution in [2.45, 2.75) is 23.6 Å². The summed E-state index contributed by atoms with van der Waals surface area (Å²) in [5, 5.41) is 0.676. The van der Waals surface area contributed by atoms with E-state index in [4.69, 9.17) is 9.47 Å². The molecule has 0 spiro atoms. The maximum atomic E-state index is 12.0. The number of hydrogen-bond donors (Lipinski definition) is 2. The van der Waals surface area contributed by atoms with Gasteiger partial charge in [-0.25, -0.2) is 0 Å². The summed E-state index contributed by atoms with van der Waals surface area (Å²) in [7, 11) is -9.83. The van der Waals surface area contributed by atoms with E-state index in [9.17, 15) is 35.5 Å². The zero-order valence-electron chi connectivity index (χ0n) is 20.4. The second-order valence-electron chi connectivity index (χ2n) is 6.95. The van der Waals surface area contributed by atoms with Gasteiger partial charge in [-0.2, -0.15) is 16.8 Å². The summed E-state index contributed by atoms with van der Waals surface area (Å²) in [6.45, 7) is 2.30. The minimum Gasteiger partial charge on any atom is -1.00 e. The van der Waals surface area contributed by atoms with Crippen molar-refractivity contribution in [2.75, 3.05) is 0 Å². The van der Waals surface area contributed by atoms with E-state index in [1.807, 2.05) is 0 Å². The van der Waals surface area contributed by atoms with E-state index < -0.39 is 42.0 Å². The minimum absolute atomic E-state index is 0. The SMILES string of the molecule is CC(=O)Oc1cc(OC(C)=O)c2ccc3c(S(=O)(=O)O)cc(S(=O)(=O)O)c4ccc1c2c43.[H-].[H-].[Na+].[Na+]. The molecule has 0 saturated carbocycles. The van der Waals surface area contributed by atoms with Gasteiger partial charge in [-0.3, -0.25) is 18.7 Å². The Morgan fingerprint density at radius 3 is 1.32 bits per heavy atom. The van der Waals surface area contributed by atoms with E-state index in [1.165, 1.54) is 30.3 Å². The molecule has 0 aliphatic heterocycles. The van der Waals surface area contributed by atoms with Crippen molar-refractivity contribution in [1.82, 2.24) is 0 Å². The molecule has 0 fully saturated rings. The van der Waals surface area contributed by atoms with Gasteiger partial charge in [0, 0.05) is 52.2 Å². The molecule has 10 nitrogen and oxygen atoms in total. The van der Waals surface area contributed by atoms with E-state index in [1.54, 1.807) is 0 Å². The summed E-state index contributed by atoms with van der Waals surface area (Å²) in [5.74, 6) is -1.43. The first-order valence-electron chi connectivity index (χ1n) is 8.89. The Labute approximate surface area is 241 Å². The van der Waals surface area contributed by atoms with Crippen molar-refractivity contribution in [2.24, 2.45) is 0 Å². The fraction of sp³-hybridized carbons (Fsp3) is 0.100. The maximum absolute atomic E-state index is 12.0. The minimum atomic E-state index is -4.91. The third-order valence-electron chi connectivity index (χ3n) is 4.81. The summed E-state index contributed by atoms with van der Waals surface area (Å²) in [6, 6.07) is 7.41. The predicted molar refractivity (Wildman–Crippen MR) is 115 cm³/mol. The third-order valence-corrected chi connectivity index (χ3v) is 6.60. The molecular weight excluding hydrogens is 510 g/mol. The van der Waals surface area contributed by atoms with Gasteiger partial charge in [0.2, 0.25) is 0 Å². The average Bonchev–Trinajstić information content (AvgIpc) is 2.64. The van der Waals surface area contributed by atoms with Crippen LogP contribution in [-0.4, -0.2) is 37.9 Å². The van der Waals surface area contributed by atoms with Crippen LogP contribution in [0, 0.1) is 0 Å². The molecule has 0 amide bonds. The van der Waals surface area contributed by atoms with Crippen LogP contribution >= 0.6 is 0 Å². The van der Waals surface area contributed by atoms with E-state index in [0.29, 0.717) is 6.07 Å². The first-order chi connectivity index (χ1) is 14.8. The van der Waals surface area contributed by atoms with Gasteiger partial charge in [0.25, 0.3) is 20.2 Å². The fourth-order valence-electron chi connectivity index (χ4n) is 3.77. The van der Waals surface area contributed by atoms with Crippen molar-refractivity contribution >= 4 is 64.5 Å². The Hall–Kier alpha value is -1.32. The number of ether oxygens (including phenoxy) is 2. The van der Waals surface area contributed by atoms with Gasteiger partial charge in [-0.1, -0.05) is 12.1 Å². The maximum Gasteiger partial charge on any atom is 1.00 e. The van der Waals surface area contributed by atoms with E-state index in [0.717, 1.165) is 13.8 Å². The summed E-state index contributed by atoms with van der Waals surface area (Å²) in [6.07, 6.45) is 0. The van der Waals surface area contributed by atoms with Gasteiger partial charge in [0.15, 0.2) is 0 Å². The van der Waals surface area contributed by atoms with Crippen LogP contribution in [0.15, 0.2) is 46.2 Å². The molecule has 4 aromatic rings. The van der Waals surface area contributed by atoms with E-state index in [2.05, 4.69) is 0 Å². The van der Waals surface area contributed by atoms with Crippen LogP contribution in [0.25, 0.3) is 32.3 Å². The average molecular weight is 526 g/mol. The van der Waals surface area contributed by atoms with Crippen molar-refractivity contribution in [3.8, 4) is 11.5 Å². The quantitative estimate of drug-likeness (QED) is 0.0932.